The van der Waals surface area contributed by atoms with E-state index in [9.17, 15) is 27.6 Å². The fourth-order valence-corrected chi connectivity index (χ4v) is 10.1. The molecule has 5 atom stereocenters. The van der Waals surface area contributed by atoms with Crippen LogP contribution in [-0.4, -0.2) is 88.2 Å². The summed E-state index contributed by atoms with van der Waals surface area (Å²) >= 11 is 0. The molecular formula is C42H52N6O9S. The molecule has 1 aromatic carbocycles. The Kier molecular flexibility index (Phi) is 9.91. The number of sulfonamides is 1. The number of alkyl carbamates (subject to hydrolysis) is 1. The molecule has 9 rings (SSSR count). The van der Waals surface area contributed by atoms with Gasteiger partial charge in [-0.05, 0) is 103 Å². The van der Waals surface area contributed by atoms with Crippen molar-refractivity contribution in [3.8, 4) is 5.88 Å². The predicted molar refractivity (Wildman–Crippen MR) is 212 cm³/mol. The first kappa shape index (κ1) is 38.8. The summed E-state index contributed by atoms with van der Waals surface area (Å²) in [4.78, 5) is 67.6. The Morgan fingerprint density at radius 2 is 1.78 bits per heavy atom. The smallest absolute Gasteiger partial charge is 0.408 e. The maximum Gasteiger partial charge on any atom is 0.408 e. The lowest BCUT2D eigenvalue weighted by molar-refractivity contribution is -0.141. The maximum atomic E-state index is 14.7. The molecule has 58 heavy (non-hydrogen) atoms. The summed E-state index contributed by atoms with van der Waals surface area (Å²) in [6.45, 7) is 3.57. The number of amides is 4. The van der Waals surface area contributed by atoms with E-state index in [0.29, 0.717) is 54.6 Å². The van der Waals surface area contributed by atoms with Gasteiger partial charge in [0.05, 0.1) is 11.3 Å². The van der Waals surface area contributed by atoms with Crippen molar-refractivity contribution in [2.75, 3.05) is 6.54 Å². The van der Waals surface area contributed by atoms with E-state index in [1.54, 1.807) is 6.92 Å². The molecule has 4 aliphatic carbocycles. The summed E-state index contributed by atoms with van der Waals surface area (Å²) in [6.07, 6.45) is 12.0. The molecule has 4 amide bonds. The van der Waals surface area contributed by atoms with E-state index in [1.807, 2.05) is 37.3 Å². The first-order chi connectivity index (χ1) is 27.8. The van der Waals surface area contributed by atoms with Crippen LogP contribution in [0.1, 0.15) is 121 Å². The third-order valence-corrected chi connectivity index (χ3v) is 15.2. The highest BCUT2D eigenvalue weighted by molar-refractivity contribution is 7.91. The summed E-state index contributed by atoms with van der Waals surface area (Å²) in [5.74, 6) is -1.25. The van der Waals surface area contributed by atoms with Crippen molar-refractivity contribution < 1.29 is 41.5 Å². The van der Waals surface area contributed by atoms with E-state index in [1.165, 1.54) is 4.90 Å². The molecule has 0 bridgehead atoms. The van der Waals surface area contributed by atoms with Crippen LogP contribution in [0.4, 0.5) is 4.79 Å². The van der Waals surface area contributed by atoms with Crippen LogP contribution in [0.25, 0.3) is 22.1 Å². The molecule has 2 aliphatic heterocycles. The van der Waals surface area contributed by atoms with Crippen molar-refractivity contribution in [1.82, 2.24) is 30.2 Å². The van der Waals surface area contributed by atoms with Gasteiger partial charge in [0, 0.05) is 23.6 Å². The molecule has 3 N–H and O–H groups in total. The second kappa shape index (κ2) is 14.8. The summed E-state index contributed by atoms with van der Waals surface area (Å²) in [5.41, 5.74) is 1.16. The zero-order valence-electron chi connectivity index (χ0n) is 33.1. The Balaban J connectivity index is 1.04. The lowest BCUT2D eigenvalue weighted by atomic mass is 10.0. The lowest BCUT2D eigenvalue weighted by Crippen LogP contribution is -2.58. The largest absolute Gasteiger partial charge is 0.470 e. The van der Waals surface area contributed by atoms with Gasteiger partial charge in [-0.2, -0.15) is 4.98 Å². The molecule has 1 saturated heterocycles. The van der Waals surface area contributed by atoms with E-state index >= 15 is 0 Å². The zero-order chi connectivity index (χ0) is 40.4. The first-order valence-electron chi connectivity index (χ1n) is 21.0. The Labute approximate surface area is 337 Å². The highest BCUT2D eigenvalue weighted by atomic mass is 32.2. The fraction of sp³-hybridized carbons (Fsp3) is 0.619. The summed E-state index contributed by atoms with van der Waals surface area (Å²) in [7, 11) is -4.00. The van der Waals surface area contributed by atoms with Crippen molar-refractivity contribution in [3.63, 3.8) is 0 Å². The van der Waals surface area contributed by atoms with Gasteiger partial charge in [0.25, 0.3) is 11.8 Å². The molecule has 3 aromatic rings. The van der Waals surface area contributed by atoms with Crippen LogP contribution in [0.5, 0.6) is 5.88 Å². The van der Waals surface area contributed by atoms with E-state index < -0.39 is 68.2 Å². The normalized spacial score (nSPS) is 28.9. The van der Waals surface area contributed by atoms with E-state index in [4.69, 9.17) is 23.9 Å². The van der Waals surface area contributed by atoms with Gasteiger partial charge in [0.1, 0.15) is 46.8 Å². The number of benzene rings is 1. The summed E-state index contributed by atoms with van der Waals surface area (Å²) in [5, 5.41) is 6.60. The van der Waals surface area contributed by atoms with Crippen molar-refractivity contribution in [3.05, 3.63) is 41.7 Å². The van der Waals surface area contributed by atoms with Crippen molar-refractivity contribution >= 4 is 55.9 Å². The molecule has 4 heterocycles. The molecule has 0 unspecified atom stereocenters. The molecule has 310 valence electrons. The van der Waals surface area contributed by atoms with Crippen LogP contribution < -0.4 is 20.1 Å². The van der Waals surface area contributed by atoms with Gasteiger partial charge in [-0.1, -0.05) is 36.6 Å². The fourth-order valence-electron chi connectivity index (χ4n) is 8.79. The molecule has 6 aliphatic rings. The number of furan rings is 1. The minimum Gasteiger partial charge on any atom is -0.470 e. The highest BCUT2D eigenvalue weighted by Gasteiger charge is 2.63. The van der Waals surface area contributed by atoms with Crippen LogP contribution in [0.3, 0.4) is 0 Å². The van der Waals surface area contributed by atoms with Gasteiger partial charge in [-0.15, -0.1) is 0 Å². The van der Waals surface area contributed by atoms with E-state index in [2.05, 4.69) is 15.4 Å². The highest BCUT2D eigenvalue weighted by Crippen LogP contribution is 2.48. The standard InChI is InChI=1S/C42H52N6O9S/c1-24-14-17-32-29(20-24)33-34(57-32)37(45-35(44-33)25-15-16-25)55-28-21-31-36(49)46-42(39(51)47-58(53,54)41(2)18-19-41)22-26(42)10-6-4-3-5-7-13-30(38(50)48(31)23-28)43-40(52)56-27-11-8-9-12-27/h6,10,14,17,20,25-28,30-31H,3-5,7-9,11-13,15-16,18-19,21-23H2,1-2H3,(H,43,52)(H,46,49)(H,47,51)/t26-,28-,30+,31+,42-/m1/s1. The third-order valence-electron chi connectivity index (χ3n) is 13.0. The average Bonchev–Trinajstić information content (AvgIpc) is 4.14. The second-order valence-corrected chi connectivity index (χ2v) is 19.8. The molecule has 4 saturated carbocycles. The average molecular weight is 817 g/mol. The minimum absolute atomic E-state index is 0.0222. The zero-order valence-corrected chi connectivity index (χ0v) is 33.9. The Morgan fingerprint density at radius 1 is 1.00 bits per heavy atom. The second-order valence-electron chi connectivity index (χ2n) is 17.7. The lowest BCUT2D eigenvalue weighted by Gasteiger charge is -2.30. The molecule has 2 aromatic heterocycles. The number of carbonyl (C=O) groups excluding carboxylic acids is 4. The SMILES string of the molecule is Cc1ccc2oc3c(O[C@@H]4C[C@H]5C(=O)N[C@]6(C(=O)NS(=O)(=O)C7(C)CC7)C[C@H]6C=CCCCCC[C@H](NC(=O)OC6CCCC6)C(=O)N5C4)nc(C4CC4)nc3c2c1. The topological polar surface area (TPSA) is 199 Å². The third kappa shape index (κ3) is 7.52. The molecule has 5 fully saturated rings. The maximum absolute atomic E-state index is 14.7. The van der Waals surface area contributed by atoms with Crippen molar-refractivity contribution in [2.24, 2.45) is 5.92 Å². The number of hydrogen-bond donors (Lipinski definition) is 3. The summed E-state index contributed by atoms with van der Waals surface area (Å²) in [6, 6.07) is 3.75. The van der Waals surface area contributed by atoms with E-state index in [0.717, 1.165) is 62.3 Å². The first-order valence-corrected chi connectivity index (χ1v) is 22.5. The monoisotopic (exact) mass is 816 g/mol. The number of ether oxygens (including phenoxy) is 2. The molecular weight excluding hydrogens is 765 g/mol. The van der Waals surface area contributed by atoms with E-state index in [-0.39, 0.29) is 37.3 Å². The van der Waals surface area contributed by atoms with Crippen LogP contribution in [0, 0.1) is 12.8 Å². The number of allylic oxidation sites excluding steroid dienone is 1. The Bertz CT molecular complexity index is 2300. The van der Waals surface area contributed by atoms with Gasteiger partial charge >= 0.3 is 6.09 Å². The van der Waals surface area contributed by atoms with Crippen molar-refractivity contribution in [2.45, 2.75) is 151 Å². The van der Waals surface area contributed by atoms with Gasteiger partial charge < -0.3 is 29.4 Å². The number of aromatic nitrogens is 2. The van der Waals surface area contributed by atoms with Gasteiger partial charge in [-0.3, -0.25) is 19.1 Å². The number of carbonyl (C=O) groups is 4. The quantitative estimate of drug-likeness (QED) is 0.248. The number of hydrogen-bond acceptors (Lipinski definition) is 11. The van der Waals surface area contributed by atoms with Crippen LogP contribution in [0.15, 0.2) is 34.8 Å². The van der Waals surface area contributed by atoms with Gasteiger partial charge in [0.15, 0.2) is 0 Å². The molecule has 16 heteroatoms. The van der Waals surface area contributed by atoms with Gasteiger partial charge in [-0.25, -0.2) is 18.2 Å². The number of fused-ring (bicyclic) bond motifs is 5. The number of nitrogens with zero attached hydrogens (tertiary/aromatic N) is 3. The van der Waals surface area contributed by atoms with Crippen LogP contribution in [0.2, 0.25) is 0 Å². The molecule has 0 radical (unpaired) electrons. The van der Waals surface area contributed by atoms with Crippen LogP contribution >= 0.6 is 0 Å². The Morgan fingerprint density at radius 3 is 2.53 bits per heavy atom. The number of nitrogens with one attached hydrogen (secondary N) is 3. The summed E-state index contributed by atoms with van der Waals surface area (Å²) < 4.78 is 46.3. The number of aryl methyl sites for hydroxylation is 1. The molecule has 15 nitrogen and oxygen atoms in total. The van der Waals surface area contributed by atoms with Gasteiger partial charge in [0.2, 0.25) is 27.4 Å². The van der Waals surface area contributed by atoms with Crippen molar-refractivity contribution in [1.29, 1.82) is 0 Å². The van der Waals surface area contributed by atoms with Crippen LogP contribution in [-0.2, 0) is 29.1 Å². The Hall–Kier alpha value is -4.73. The molecule has 0 spiro atoms. The number of rotatable bonds is 8. The minimum atomic E-state index is -4.00. The predicted octanol–water partition coefficient (Wildman–Crippen LogP) is 5.34.